The molecule has 0 bridgehead atoms. The summed E-state index contributed by atoms with van der Waals surface area (Å²) in [6, 6.07) is 5.14. The van der Waals surface area contributed by atoms with Crippen molar-refractivity contribution in [1.82, 2.24) is 10.8 Å². The molecule has 9 nitrogen and oxygen atoms in total. The smallest absolute Gasteiger partial charge is 0.343 e. The lowest BCUT2D eigenvalue weighted by Gasteiger charge is -2.04. The van der Waals surface area contributed by atoms with E-state index in [0.29, 0.717) is 5.56 Å². The van der Waals surface area contributed by atoms with Crippen molar-refractivity contribution in [2.24, 2.45) is 5.16 Å². The number of nitrogens with zero attached hydrogens (tertiary/aromatic N) is 2. The number of hydrogen-bond acceptors (Lipinski definition) is 6. The van der Waals surface area contributed by atoms with Crippen LogP contribution in [0.3, 0.4) is 0 Å². The number of hydrogen-bond donors (Lipinski definition) is 2. The van der Waals surface area contributed by atoms with Gasteiger partial charge in [-0.05, 0) is 17.7 Å². The number of rotatable bonds is 6. The number of urea groups is 1. The van der Waals surface area contributed by atoms with E-state index >= 15 is 0 Å². The Bertz CT molecular complexity index is 459. The molecule has 2 N–H and O–H groups in total. The van der Waals surface area contributed by atoms with Crippen LogP contribution in [0.25, 0.3) is 0 Å². The summed E-state index contributed by atoms with van der Waals surface area (Å²) in [5, 5.41) is 15.9. The third-order valence-corrected chi connectivity index (χ3v) is 1.90. The highest BCUT2D eigenvalue weighted by molar-refractivity contribution is 5.85. The van der Waals surface area contributed by atoms with Crippen LogP contribution in [0.1, 0.15) is 5.56 Å². The van der Waals surface area contributed by atoms with Gasteiger partial charge in [-0.1, -0.05) is 5.16 Å². The van der Waals surface area contributed by atoms with Crippen LogP contribution in [-0.2, 0) is 16.3 Å². The normalized spacial score (nSPS) is 10.2. The van der Waals surface area contributed by atoms with Crippen molar-refractivity contribution < 1.29 is 19.4 Å². The molecule has 1 aromatic carbocycles. The molecule has 0 fully saturated rings. The van der Waals surface area contributed by atoms with Gasteiger partial charge in [-0.3, -0.25) is 20.3 Å². The zero-order chi connectivity index (χ0) is 14.1. The maximum absolute atomic E-state index is 11.1. The number of non-ortho nitro benzene ring substituents is 1. The lowest BCUT2D eigenvalue weighted by Crippen LogP contribution is -2.34. The van der Waals surface area contributed by atoms with Crippen LogP contribution in [-0.4, -0.2) is 24.4 Å². The first-order chi connectivity index (χ1) is 9.13. The van der Waals surface area contributed by atoms with E-state index in [1.165, 1.54) is 31.4 Å². The third kappa shape index (κ3) is 5.46. The van der Waals surface area contributed by atoms with Gasteiger partial charge in [-0.25, -0.2) is 10.3 Å². The summed E-state index contributed by atoms with van der Waals surface area (Å²) in [7, 11) is 1.33. The van der Waals surface area contributed by atoms with E-state index < -0.39 is 11.0 Å². The fourth-order valence-electron chi connectivity index (χ4n) is 1.07. The van der Waals surface area contributed by atoms with E-state index in [9.17, 15) is 14.9 Å². The van der Waals surface area contributed by atoms with Crippen molar-refractivity contribution in [3.05, 3.63) is 39.9 Å². The number of nitrogens with one attached hydrogen (secondary N) is 2. The summed E-state index contributed by atoms with van der Waals surface area (Å²) >= 11 is 0. The first kappa shape index (κ1) is 14.4. The lowest BCUT2D eigenvalue weighted by molar-refractivity contribution is -0.384. The number of amides is 2. The minimum atomic E-state index is -0.622. The van der Waals surface area contributed by atoms with E-state index in [0.717, 1.165) is 6.34 Å². The summed E-state index contributed by atoms with van der Waals surface area (Å²) in [5.74, 6) is 0. The molecule has 0 saturated heterocycles. The molecule has 0 radical (unpaired) electrons. The predicted octanol–water partition coefficient (Wildman–Crippen LogP) is 0.915. The highest BCUT2D eigenvalue weighted by Crippen LogP contribution is 2.11. The van der Waals surface area contributed by atoms with Crippen molar-refractivity contribution in [1.29, 1.82) is 0 Å². The van der Waals surface area contributed by atoms with Gasteiger partial charge >= 0.3 is 6.03 Å². The van der Waals surface area contributed by atoms with Gasteiger partial charge in [0.1, 0.15) is 13.4 Å². The maximum atomic E-state index is 11.1. The zero-order valence-electron chi connectivity index (χ0n) is 10.0. The van der Waals surface area contributed by atoms with E-state index in [4.69, 9.17) is 4.84 Å². The number of nitro groups is 1. The number of carbonyl (C=O) groups excluding carboxylic acids is 1. The Hall–Kier alpha value is -2.68. The number of oxime groups is 1. The molecule has 2 amide bonds. The zero-order valence-corrected chi connectivity index (χ0v) is 10.0. The fourth-order valence-corrected chi connectivity index (χ4v) is 1.07. The summed E-state index contributed by atoms with van der Waals surface area (Å²) in [6.45, 7) is 0.0762. The van der Waals surface area contributed by atoms with Crippen LogP contribution >= 0.6 is 0 Å². The van der Waals surface area contributed by atoms with Crippen LogP contribution in [0.2, 0.25) is 0 Å². The van der Waals surface area contributed by atoms with Crippen molar-refractivity contribution in [3.8, 4) is 0 Å². The second-order valence-corrected chi connectivity index (χ2v) is 3.20. The first-order valence-corrected chi connectivity index (χ1v) is 5.10. The van der Waals surface area contributed by atoms with Gasteiger partial charge in [-0.2, -0.15) is 0 Å². The molecule has 0 aliphatic carbocycles. The fraction of sp³-hybridized carbons (Fsp3) is 0.200. The first-order valence-electron chi connectivity index (χ1n) is 5.10. The van der Waals surface area contributed by atoms with Crippen molar-refractivity contribution in [2.75, 3.05) is 7.11 Å². The minimum absolute atomic E-state index is 0.00905. The van der Waals surface area contributed by atoms with E-state index in [1.807, 2.05) is 0 Å². The Morgan fingerprint density at radius 1 is 1.47 bits per heavy atom. The summed E-state index contributed by atoms with van der Waals surface area (Å²) in [6.07, 6.45) is 1.05. The quantitative estimate of drug-likeness (QED) is 0.344. The summed E-state index contributed by atoms with van der Waals surface area (Å²) in [4.78, 5) is 30.2. The second kappa shape index (κ2) is 7.61. The second-order valence-electron chi connectivity index (χ2n) is 3.20. The molecule has 19 heavy (non-hydrogen) atoms. The van der Waals surface area contributed by atoms with Gasteiger partial charge in [0.05, 0.1) is 11.5 Å². The van der Waals surface area contributed by atoms with Gasteiger partial charge in [0.15, 0.2) is 0 Å². The predicted molar refractivity (Wildman–Crippen MR) is 65.1 cm³/mol. The Morgan fingerprint density at radius 2 is 2.16 bits per heavy atom. The molecule has 0 aliphatic heterocycles. The van der Waals surface area contributed by atoms with Gasteiger partial charge in [0.25, 0.3) is 5.69 Å². The molecule has 0 aromatic heterocycles. The standard InChI is InChI=1S/C10H12N4O5/c1-18-12-7-11-10(15)13-19-6-8-2-4-9(5-3-8)14(16)17/h2-5,7H,6H2,1H3,(H2,11,12,13,15). The molecule has 1 aromatic rings. The Morgan fingerprint density at radius 3 is 2.74 bits per heavy atom. The molecular formula is C10H12N4O5. The van der Waals surface area contributed by atoms with Crippen molar-refractivity contribution >= 4 is 18.1 Å². The molecule has 1 rings (SSSR count). The number of carbonyl (C=O) groups is 1. The number of hydroxylamine groups is 1. The topological polar surface area (TPSA) is 115 Å². The monoisotopic (exact) mass is 268 g/mol. The van der Waals surface area contributed by atoms with Gasteiger partial charge in [0, 0.05) is 12.1 Å². The summed E-state index contributed by atoms with van der Waals surface area (Å²) in [5.41, 5.74) is 2.76. The molecule has 0 saturated carbocycles. The molecule has 0 unspecified atom stereocenters. The van der Waals surface area contributed by atoms with E-state index in [-0.39, 0.29) is 12.3 Å². The molecule has 0 spiro atoms. The van der Waals surface area contributed by atoms with Crippen molar-refractivity contribution in [3.63, 3.8) is 0 Å². The van der Waals surface area contributed by atoms with Crippen LogP contribution < -0.4 is 10.8 Å². The highest BCUT2D eigenvalue weighted by atomic mass is 16.7. The van der Waals surface area contributed by atoms with Crippen LogP contribution in [0.15, 0.2) is 29.4 Å². The number of benzene rings is 1. The van der Waals surface area contributed by atoms with Gasteiger partial charge in [0.2, 0.25) is 0 Å². The maximum Gasteiger partial charge on any atom is 0.343 e. The van der Waals surface area contributed by atoms with Crippen molar-refractivity contribution in [2.45, 2.75) is 6.61 Å². The minimum Gasteiger partial charge on any atom is -0.398 e. The molecule has 102 valence electrons. The summed E-state index contributed by atoms with van der Waals surface area (Å²) < 4.78 is 0. The average Bonchev–Trinajstić information content (AvgIpc) is 2.39. The Kier molecular flexibility index (Phi) is 5.76. The molecule has 0 aliphatic rings. The molecule has 0 atom stereocenters. The highest BCUT2D eigenvalue weighted by Gasteiger charge is 2.04. The largest absolute Gasteiger partial charge is 0.398 e. The molecular weight excluding hydrogens is 256 g/mol. The third-order valence-electron chi connectivity index (χ3n) is 1.90. The Balaban J connectivity index is 2.31. The van der Waals surface area contributed by atoms with E-state index in [2.05, 4.69) is 20.8 Å². The Labute approximate surface area is 108 Å². The van der Waals surface area contributed by atoms with E-state index in [1.54, 1.807) is 0 Å². The van der Waals surface area contributed by atoms with Crippen LogP contribution in [0.4, 0.5) is 10.5 Å². The average molecular weight is 268 g/mol. The van der Waals surface area contributed by atoms with Gasteiger partial charge < -0.3 is 4.84 Å². The molecule has 9 heteroatoms. The SMILES string of the molecule is CO/N=C\NC(=O)NOCc1ccc([N+](=O)[O-])cc1. The van der Waals surface area contributed by atoms with Crippen LogP contribution in [0.5, 0.6) is 0 Å². The lowest BCUT2D eigenvalue weighted by atomic mass is 10.2. The number of nitro benzene ring substituents is 1. The molecule has 0 heterocycles. The van der Waals surface area contributed by atoms with Crippen LogP contribution in [0, 0.1) is 10.1 Å². The van der Waals surface area contributed by atoms with Gasteiger partial charge in [-0.15, -0.1) is 0 Å².